The first-order valence-corrected chi connectivity index (χ1v) is 4.65. The molecule has 0 unspecified atom stereocenters. The van der Waals surface area contributed by atoms with Crippen molar-refractivity contribution in [1.29, 1.82) is 0 Å². The van der Waals surface area contributed by atoms with E-state index in [4.69, 9.17) is 23.2 Å². The highest BCUT2D eigenvalue weighted by Crippen LogP contribution is 2.25. The van der Waals surface area contributed by atoms with Gasteiger partial charge in [0.05, 0.1) is 0 Å². The Morgan fingerprint density at radius 1 is 1.17 bits per heavy atom. The van der Waals surface area contributed by atoms with Crippen LogP contribution in [-0.4, -0.2) is 16.3 Å². The number of rotatable bonds is 2. The summed E-state index contributed by atoms with van der Waals surface area (Å²) in [5.74, 6) is 0. The number of amidine groups is 2. The third-order valence-corrected chi connectivity index (χ3v) is 2.31. The lowest BCUT2D eigenvalue weighted by atomic mass is 10.1. The van der Waals surface area contributed by atoms with Crippen molar-refractivity contribution >= 4 is 33.8 Å². The molecule has 0 bridgehead atoms. The first-order valence-electron chi connectivity index (χ1n) is 3.89. The molecule has 0 fully saturated rings. The number of aliphatic imine (C=N–C) groups is 2. The Bertz CT molecular complexity index is 211. The summed E-state index contributed by atoms with van der Waals surface area (Å²) in [7, 11) is 0. The number of halogens is 2. The van der Waals surface area contributed by atoms with Crippen molar-refractivity contribution in [1.82, 2.24) is 5.32 Å². The molecule has 1 aliphatic rings. The van der Waals surface area contributed by atoms with E-state index in [1.54, 1.807) is 0 Å². The maximum absolute atomic E-state index is 5.73. The number of hydrogen-bond acceptors (Lipinski definition) is 3. The minimum absolute atomic E-state index is 0.318. The van der Waals surface area contributed by atoms with E-state index in [0.29, 0.717) is 10.6 Å². The SMILES string of the molecule is CCC1(CC)N=C(Cl)NC(Cl)=N1. The molecule has 0 aliphatic carbocycles. The lowest BCUT2D eigenvalue weighted by Crippen LogP contribution is -2.36. The average molecular weight is 208 g/mol. The van der Waals surface area contributed by atoms with E-state index in [0.717, 1.165) is 12.8 Å². The highest BCUT2D eigenvalue weighted by molar-refractivity contribution is 6.73. The third kappa shape index (κ3) is 1.90. The predicted molar refractivity (Wildman–Crippen MR) is 53.0 cm³/mol. The second-order valence-electron chi connectivity index (χ2n) is 2.62. The van der Waals surface area contributed by atoms with Crippen LogP contribution in [0.25, 0.3) is 0 Å². The molecule has 1 aliphatic heterocycles. The number of nitrogens with one attached hydrogen (secondary N) is 1. The van der Waals surface area contributed by atoms with E-state index in [1.807, 2.05) is 13.8 Å². The molecule has 0 amide bonds. The van der Waals surface area contributed by atoms with Gasteiger partial charge in [0.15, 0.2) is 16.3 Å². The maximum Gasteiger partial charge on any atom is 0.200 e. The van der Waals surface area contributed by atoms with Crippen LogP contribution in [0.15, 0.2) is 9.98 Å². The summed E-state index contributed by atoms with van der Waals surface area (Å²) in [5.41, 5.74) is -0.445. The van der Waals surface area contributed by atoms with Crippen LogP contribution in [0.3, 0.4) is 0 Å². The van der Waals surface area contributed by atoms with Gasteiger partial charge in [0, 0.05) is 0 Å². The van der Waals surface area contributed by atoms with Crippen molar-refractivity contribution in [3.8, 4) is 0 Å². The van der Waals surface area contributed by atoms with Crippen LogP contribution >= 0.6 is 23.2 Å². The Morgan fingerprint density at radius 3 is 1.92 bits per heavy atom. The van der Waals surface area contributed by atoms with Crippen molar-refractivity contribution in [2.24, 2.45) is 9.98 Å². The van der Waals surface area contributed by atoms with E-state index < -0.39 is 5.66 Å². The Hall–Kier alpha value is -0.280. The molecule has 0 radical (unpaired) electrons. The molecule has 0 saturated heterocycles. The molecule has 0 atom stereocenters. The van der Waals surface area contributed by atoms with Crippen LogP contribution in [0.1, 0.15) is 26.7 Å². The largest absolute Gasteiger partial charge is 0.306 e. The molecule has 5 heteroatoms. The average Bonchev–Trinajstić information content (AvgIpc) is 2.02. The monoisotopic (exact) mass is 207 g/mol. The van der Waals surface area contributed by atoms with Gasteiger partial charge in [-0.1, -0.05) is 13.8 Å². The highest BCUT2D eigenvalue weighted by Gasteiger charge is 2.28. The Kier molecular flexibility index (Phi) is 2.96. The normalized spacial score (nSPS) is 21.0. The fourth-order valence-electron chi connectivity index (χ4n) is 1.10. The summed E-state index contributed by atoms with van der Waals surface area (Å²) >= 11 is 11.5. The summed E-state index contributed by atoms with van der Waals surface area (Å²) in [6.07, 6.45) is 1.61. The molecule has 1 rings (SSSR count). The fourth-order valence-corrected chi connectivity index (χ4v) is 1.64. The number of hydrogen-bond donors (Lipinski definition) is 1. The van der Waals surface area contributed by atoms with E-state index in [9.17, 15) is 0 Å². The van der Waals surface area contributed by atoms with Crippen molar-refractivity contribution in [2.45, 2.75) is 32.4 Å². The summed E-state index contributed by atoms with van der Waals surface area (Å²) in [6.45, 7) is 4.02. The van der Waals surface area contributed by atoms with Gasteiger partial charge in [0.1, 0.15) is 0 Å². The summed E-state index contributed by atoms with van der Waals surface area (Å²) in [5, 5.41) is 3.27. The van der Waals surface area contributed by atoms with Gasteiger partial charge >= 0.3 is 0 Å². The molecule has 12 heavy (non-hydrogen) atoms. The lowest BCUT2D eigenvalue weighted by Gasteiger charge is -2.26. The van der Waals surface area contributed by atoms with Crippen LogP contribution in [0, 0.1) is 0 Å². The van der Waals surface area contributed by atoms with Crippen molar-refractivity contribution in [2.75, 3.05) is 0 Å². The minimum Gasteiger partial charge on any atom is -0.306 e. The second-order valence-corrected chi connectivity index (χ2v) is 3.34. The van der Waals surface area contributed by atoms with Crippen LogP contribution in [0.4, 0.5) is 0 Å². The standard InChI is InChI=1S/C7H11Cl2N3/c1-3-7(4-2)11-5(8)10-6(9)12-7/h3-4H2,1-2H3,(H,10,11,12). The van der Waals surface area contributed by atoms with Crippen molar-refractivity contribution in [3.63, 3.8) is 0 Å². The first-order chi connectivity index (χ1) is 5.62. The quantitative estimate of drug-likeness (QED) is 0.694. The first kappa shape index (κ1) is 9.81. The zero-order valence-electron chi connectivity index (χ0n) is 7.06. The Balaban J connectivity index is 2.94. The van der Waals surface area contributed by atoms with Gasteiger partial charge in [-0.3, -0.25) is 0 Å². The summed E-state index contributed by atoms with van der Waals surface area (Å²) < 4.78 is 0. The summed E-state index contributed by atoms with van der Waals surface area (Å²) in [6, 6.07) is 0. The zero-order chi connectivity index (χ0) is 9.19. The van der Waals surface area contributed by atoms with E-state index in [-0.39, 0.29) is 0 Å². The second kappa shape index (κ2) is 3.62. The van der Waals surface area contributed by atoms with Gasteiger partial charge < -0.3 is 5.32 Å². The molecular formula is C7H11Cl2N3. The van der Waals surface area contributed by atoms with Gasteiger partial charge in [0.2, 0.25) is 0 Å². The molecule has 1 N–H and O–H groups in total. The van der Waals surface area contributed by atoms with Gasteiger partial charge in [-0.25, -0.2) is 9.98 Å². The third-order valence-electron chi connectivity index (χ3n) is 1.95. The van der Waals surface area contributed by atoms with E-state index >= 15 is 0 Å². The lowest BCUT2D eigenvalue weighted by molar-refractivity contribution is 0.416. The molecule has 0 spiro atoms. The molecule has 0 aromatic carbocycles. The van der Waals surface area contributed by atoms with Gasteiger partial charge in [0.25, 0.3) is 0 Å². The molecule has 0 aromatic heterocycles. The van der Waals surface area contributed by atoms with E-state index in [1.165, 1.54) is 0 Å². The Morgan fingerprint density at radius 2 is 1.58 bits per heavy atom. The number of nitrogens with zero attached hydrogens (tertiary/aromatic N) is 2. The van der Waals surface area contributed by atoms with Gasteiger partial charge in [-0.15, -0.1) is 0 Å². The fraction of sp³-hybridized carbons (Fsp3) is 0.714. The van der Waals surface area contributed by atoms with Gasteiger partial charge in [-0.05, 0) is 36.0 Å². The highest BCUT2D eigenvalue weighted by atomic mass is 35.5. The van der Waals surface area contributed by atoms with Gasteiger partial charge in [-0.2, -0.15) is 0 Å². The zero-order valence-corrected chi connectivity index (χ0v) is 8.58. The predicted octanol–water partition coefficient (Wildman–Crippen LogP) is 2.30. The molecule has 68 valence electrons. The van der Waals surface area contributed by atoms with Crippen LogP contribution in [0.2, 0.25) is 0 Å². The topological polar surface area (TPSA) is 36.8 Å². The minimum atomic E-state index is -0.445. The van der Waals surface area contributed by atoms with Crippen molar-refractivity contribution in [3.05, 3.63) is 0 Å². The summed E-state index contributed by atoms with van der Waals surface area (Å²) in [4.78, 5) is 8.40. The molecule has 3 nitrogen and oxygen atoms in total. The molecule has 0 aromatic rings. The molecular weight excluding hydrogens is 197 g/mol. The van der Waals surface area contributed by atoms with E-state index in [2.05, 4.69) is 15.3 Å². The Labute approximate surface area is 81.9 Å². The molecule has 0 saturated carbocycles. The smallest absolute Gasteiger partial charge is 0.200 e. The molecule has 1 heterocycles. The van der Waals surface area contributed by atoms with Crippen LogP contribution in [-0.2, 0) is 0 Å². The maximum atomic E-state index is 5.73. The van der Waals surface area contributed by atoms with Crippen LogP contribution < -0.4 is 5.32 Å². The van der Waals surface area contributed by atoms with Crippen LogP contribution in [0.5, 0.6) is 0 Å². The van der Waals surface area contributed by atoms with Crippen molar-refractivity contribution < 1.29 is 0 Å².